The zero-order valence-electron chi connectivity index (χ0n) is 31.0. The SMILES string of the molecule is COCC(=O)NCCOCCOCCOCCNC(=O)CCCC(=O)NCCC(CCNC(C)(C)/C(C)=N\O)CCNC(C)(C)/C(C)=N\O. The standard InChI is InChI=1S/C33H65N7O9/c1-26(39-44)32(3,4)37-15-12-28(13-16-38-33(5,6)27(2)40-45)11-14-34-29(41)9-8-10-30(42)35-17-19-47-21-23-49-24-22-48-20-18-36-31(43)25-46-7/h28,37-38,44-45H,8-25H2,1-7H3,(H,34,41)(H,35,42)(H,36,43)/b39-26-,40-27-. The van der Waals surface area contributed by atoms with Crippen molar-refractivity contribution >= 4 is 29.1 Å². The van der Waals surface area contributed by atoms with E-state index in [1.165, 1.54) is 7.11 Å². The number of hydrogen-bond donors (Lipinski definition) is 7. The number of carbonyl (C=O) groups is 3. The zero-order chi connectivity index (χ0) is 37.0. The summed E-state index contributed by atoms with van der Waals surface area (Å²) in [6.07, 6.45) is 3.48. The van der Waals surface area contributed by atoms with Crippen molar-refractivity contribution in [3.63, 3.8) is 0 Å². The van der Waals surface area contributed by atoms with Crippen molar-refractivity contribution in [3.05, 3.63) is 0 Å². The molecule has 0 heterocycles. The predicted octanol–water partition coefficient (Wildman–Crippen LogP) is 1.42. The molecule has 0 aliphatic rings. The van der Waals surface area contributed by atoms with E-state index in [4.69, 9.17) is 29.4 Å². The maximum Gasteiger partial charge on any atom is 0.246 e. The van der Waals surface area contributed by atoms with Gasteiger partial charge in [-0.05, 0) is 86.2 Å². The van der Waals surface area contributed by atoms with E-state index in [0.29, 0.717) is 96.1 Å². The second-order valence-electron chi connectivity index (χ2n) is 12.9. The van der Waals surface area contributed by atoms with Crippen molar-refractivity contribution in [2.45, 2.75) is 91.1 Å². The molecule has 0 aromatic carbocycles. The van der Waals surface area contributed by atoms with E-state index in [0.717, 1.165) is 19.3 Å². The van der Waals surface area contributed by atoms with Gasteiger partial charge >= 0.3 is 0 Å². The third kappa shape index (κ3) is 24.8. The third-order valence-corrected chi connectivity index (χ3v) is 8.19. The number of nitrogens with zero attached hydrogens (tertiary/aromatic N) is 2. The monoisotopic (exact) mass is 703 g/mol. The summed E-state index contributed by atoms with van der Waals surface area (Å²) < 4.78 is 20.9. The summed E-state index contributed by atoms with van der Waals surface area (Å²) in [7, 11) is 1.46. The Labute approximate surface area is 292 Å². The maximum atomic E-state index is 12.4. The van der Waals surface area contributed by atoms with Crippen molar-refractivity contribution < 1.29 is 43.7 Å². The number of nitrogens with one attached hydrogen (secondary N) is 5. The molecule has 0 saturated carbocycles. The lowest BCUT2D eigenvalue weighted by molar-refractivity contribution is -0.125. The summed E-state index contributed by atoms with van der Waals surface area (Å²) in [6.45, 7) is 16.5. The molecule has 7 N–H and O–H groups in total. The Morgan fingerprint density at radius 2 is 1.00 bits per heavy atom. The molecule has 0 radical (unpaired) electrons. The number of hydrogen-bond acceptors (Lipinski definition) is 13. The lowest BCUT2D eigenvalue weighted by Crippen LogP contribution is -2.47. The van der Waals surface area contributed by atoms with Gasteiger partial charge in [-0.1, -0.05) is 10.3 Å². The molecule has 0 atom stereocenters. The van der Waals surface area contributed by atoms with Crippen LogP contribution in [0.1, 0.15) is 80.1 Å². The molecule has 0 fully saturated rings. The second kappa shape index (κ2) is 27.9. The van der Waals surface area contributed by atoms with Crippen LogP contribution in [0.15, 0.2) is 10.3 Å². The molecule has 0 spiro atoms. The molecule has 0 unspecified atom stereocenters. The van der Waals surface area contributed by atoms with Gasteiger partial charge in [0.15, 0.2) is 0 Å². The third-order valence-electron chi connectivity index (χ3n) is 8.19. The fourth-order valence-electron chi connectivity index (χ4n) is 4.37. The molecule has 0 saturated heterocycles. The average Bonchev–Trinajstić information content (AvgIpc) is 3.05. The minimum absolute atomic E-state index is 0.0287. The summed E-state index contributed by atoms with van der Waals surface area (Å²) in [5, 5.41) is 40.3. The highest BCUT2D eigenvalue weighted by atomic mass is 16.5. The number of amides is 3. The normalized spacial score (nSPS) is 12.7. The summed E-state index contributed by atoms with van der Waals surface area (Å²) in [5.41, 5.74) is 0.310. The van der Waals surface area contributed by atoms with E-state index >= 15 is 0 Å². The van der Waals surface area contributed by atoms with Crippen LogP contribution in [0.5, 0.6) is 0 Å². The van der Waals surface area contributed by atoms with Gasteiger partial charge < -0.3 is 55.9 Å². The van der Waals surface area contributed by atoms with Crippen LogP contribution in [0.3, 0.4) is 0 Å². The summed E-state index contributed by atoms with van der Waals surface area (Å²) in [5.74, 6) is -0.0964. The van der Waals surface area contributed by atoms with Gasteiger partial charge in [-0.25, -0.2) is 0 Å². The van der Waals surface area contributed by atoms with E-state index in [1.54, 1.807) is 13.8 Å². The quantitative estimate of drug-likeness (QED) is 0.0237. The minimum Gasteiger partial charge on any atom is -0.411 e. The van der Waals surface area contributed by atoms with Gasteiger partial charge in [0.1, 0.15) is 6.61 Å². The van der Waals surface area contributed by atoms with Crippen molar-refractivity contribution in [1.82, 2.24) is 26.6 Å². The van der Waals surface area contributed by atoms with E-state index in [1.807, 2.05) is 27.7 Å². The molecule has 0 aromatic heterocycles. The van der Waals surface area contributed by atoms with Gasteiger partial charge in [0.25, 0.3) is 0 Å². The van der Waals surface area contributed by atoms with E-state index < -0.39 is 11.1 Å². The summed E-state index contributed by atoms with van der Waals surface area (Å²) >= 11 is 0. The Hall–Kier alpha value is -2.89. The van der Waals surface area contributed by atoms with E-state index in [9.17, 15) is 14.4 Å². The van der Waals surface area contributed by atoms with Crippen LogP contribution in [0.2, 0.25) is 0 Å². The zero-order valence-corrected chi connectivity index (χ0v) is 31.0. The number of rotatable bonds is 31. The first kappa shape index (κ1) is 46.1. The fraction of sp³-hybridized carbons (Fsp3) is 0.848. The highest BCUT2D eigenvalue weighted by molar-refractivity contribution is 5.90. The van der Waals surface area contributed by atoms with Crippen LogP contribution in [0, 0.1) is 5.92 Å². The van der Waals surface area contributed by atoms with Gasteiger partial charge in [-0.15, -0.1) is 0 Å². The Kier molecular flexibility index (Phi) is 26.2. The topological polar surface area (TPSA) is 213 Å². The highest BCUT2D eigenvalue weighted by Crippen LogP contribution is 2.15. The lowest BCUT2D eigenvalue weighted by atomic mass is 9.94. The van der Waals surface area contributed by atoms with Crippen molar-refractivity contribution in [2.24, 2.45) is 16.2 Å². The fourth-order valence-corrected chi connectivity index (χ4v) is 4.37. The van der Waals surface area contributed by atoms with Gasteiger partial charge in [-0.3, -0.25) is 14.4 Å². The van der Waals surface area contributed by atoms with Crippen LogP contribution in [-0.2, 0) is 33.3 Å². The van der Waals surface area contributed by atoms with Crippen molar-refractivity contribution in [2.75, 3.05) is 86.1 Å². The molecule has 3 amide bonds. The molecular weight excluding hydrogens is 638 g/mol. The van der Waals surface area contributed by atoms with Gasteiger partial charge in [0.05, 0.1) is 62.1 Å². The first-order chi connectivity index (χ1) is 23.3. The number of methoxy groups -OCH3 is 1. The first-order valence-corrected chi connectivity index (χ1v) is 17.2. The largest absolute Gasteiger partial charge is 0.411 e. The van der Waals surface area contributed by atoms with Crippen LogP contribution in [-0.4, -0.2) is 137 Å². The smallest absolute Gasteiger partial charge is 0.246 e. The molecule has 286 valence electrons. The van der Waals surface area contributed by atoms with E-state index in [2.05, 4.69) is 36.9 Å². The highest BCUT2D eigenvalue weighted by Gasteiger charge is 2.23. The van der Waals surface area contributed by atoms with Gasteiger partial charge in [0, 0.05) is 39.6 Å². The number of oxime groups is 2. The molecule has 49 heavy (non-hydrogen) atoms. The molecule has 16 nitrogen and oxygen atoms in total. The molecule has 0 bridgehead atoms. The number of carbonyl (C=O) groups excluding carboxylic acids is 3. The van der Waals surface area contributed by atoms with Crippen LogP contribution in [0.25, 0.3) is 0 Å². The summed E-state index contributed by atoms with van der Waals surface area (Å²) in [4.78, 5) is 35.8. The van der Waals surface area contributed by atoms with E-state index in [-0.39, 0.29) is 37.2 Å². The number of ether oxygens (including phenoxy) is 4. The van der Waals surface area contributed by atoms with Crippen LogP contribution >= 0.6 is 0 Å². The van der Waals surface area contributed by atoms with Gasteiger partial charge in [0.2, 0.25) is 17.7 Å². The predicted molar refractivity (Wildman–Crippen MR) is 189 cm³/mol. The van der Waals surface area contributed by atoms with Gasteiger partial charge in [-0.2, -0.15) is 0 Å². The Morgan fingerprint density at radius 1 is 0.612 bits per heavy atom. The molecule has 0 aliphatic carbocycles. The molecule has 0 aromatic rings. The Morgan fingerprint density at radius 3 is 1.43 bits per heavy atom. The Bertz CT molecular complexity index is 942. The molecule has 0 aliphatic heterocycles. The Balaban J connectivity index is 4.15. The molecule has 0 rings (SSSR count). The van der Waals surface area contributed by atoms with Crippen LogP contribution in [0.4, 0.5) is 0 Å². The molecular formula is C33H65N7O9. The van der Waals surface area contributed by atoms with Crippen molar-refractivity contribution in [3.8, 4) is 0 Å². The van der Waals surface area contributed by atoms with Crippen LogP contribution < -0.4 is 26.6 Å². The second-order valence-corrected chi connectivity index (χ2v) is 12.9. The lowest BCUT2D eigenvalue weighted by Gasteiger charge is -2.28. The minimum atomic E-state index is -0.443. The van der Waals surface area contributed by atoms with Crippen molar-refractivity contribution in [1.29, 1.82) is 0 Å². The average molecular weight is 704 g/mol. The maximum absolute atomic E-state index is 12.4. The first-order valence-electron chi connectivity index (χ1n) is 17.2. The summed E-state index contributed by atoms with van der Waals surface area (Å²) in [6, 6.07) is 0. The molecule has 16 heteroatoms.